The van der Waals surface area contributed by atoms with Gasteiger partial charge >= 0.3 is 11.9 Å². The zero-order valence-electron chi connectivity index (χ0n) is 32.3. The van der Waals surface area contributed by atoms with Gasteiger partial charge in [-0.25, -0.2) is 9.98 Å². The largest absolute Gasteiger partial charge is 0.469 e. The van der Waals surface area contributed by atoms with Gasteiger partial charge in [0.15, 0.2) is 0 Å². The van der Waals surface area contributed by atoms with Gasteiger partial charge in [-0.15, -0.1) is 0 Å². The molecule has 9 heteroatoms. The Labute approximate surface area is 325 Å². The first kappa shape index (κ1) is 35.5. The van der Waals surface area contributed by atoms with Crippen molar-refractivity contribution in [2.24, 2.45) is 9.98 Å². The van der Waals surface area contributed by atoms with Gasteiger partial charge in [-0.3, -0.25) is 9.59 Å². The summed E-state index contributed by atoms with van der Waals surface area (Å²) in [6, 6.07) is 21.0. The van der Waals surface area contributed by atoms with Crippen molar-refractivity contribution in [1.29, 1.82) is 0 Å². The molecule has 0 fully saturated rings. The number of methoxy groups -OCH3 is 4. The molecule has 0 unspecified atom stereocenters. The molecule has 9 nitrogen and oxygen atoms in total. The molecule has 0 amide bonds. The molecule has 0 spiro atoms. The van der Waals surface area contributed by atoms with Crippen molar-refractivity contribution < 1.29 is 28.5 Å². The number of benzene rings is 3. The molecule has 0 saturated carbocycles. The molecule has 2 aliphatic carbocycles. The van der Waals surface area contributed by atoms with Crippen molar-refractivity contribution in [2.75, 3.05) is 28.4 Å². The predicted molar refractivity (Wildman–Crippen MR) is 221 cm³/mol. The summed E-state index contributed by atoms with van der Waals surface area (Å²) in [4.78, 5) is 39.5. The van der Waals surface area contributed by atoms with Crippen molar-refractivity contribution in [3.63, 3.8) is 0 Å². The molecule has 1 N–H and O–H groups in total. The second-order valence-corrected chi connectivity index (χ2v) is 14.5. The van der Waals surface area contributed by atoms with Gasteiger partial charge in [0.1, 0.15) is 0 Å². The lowest BCUT2D eigenvalue weighted by molar-refractivity contribution is -0.141. The van der Waals surface area contributed by atoms with E-state index in [9.17, 15) is 9.59 Å². The highest BCUT2D eigenvalue weighted by molar-refractivity contribution is 6.22. The van der Waals surface area contributed by atoms with E-state index in [0.717, 1.165) is 106 Å². The molecule has 56 heavy (non-hydrogen) atoms. The van der Waals surface area contributed by atoms with Gasteiger partial charge in [0, 0.05) is 60.7 Å². The van der Waals surface area contributed by atoms with E-state index in [1.54, 1.807) is 14.2 Å². The molecule has 3 aliphatic heterocycles. The fourth-order valence-corrected chi connectivity index (χ4v) is 9.01. The summed E-state index contributed by atoms with van der Waals surface area (Å²) in [7, 11) is 6.13. The lowest BCUT2D eigenvalue weighted by atomic mass is 9.95. The van der Waals surface area contributed by atoms with Gasteiger partial charge in [0.2, 0.25) is 5.79 Å². The van der Waals surface area contributed by atoms with E-state index in [4.69, 9.17) is 28.9 Å². The van der Waals surface area contributed by atoms with E-state index in [-0.39, 0.29) is 24.8 Å². The van der Waals surface area contributed by atoms with Crippen molar-refractivity contribution >= 4 is 57.4 Å². The van der Waals surface area contributed by atoms with Gasteiger partial charge in [0.25, 0.3) is 0 Å². The maximum Gasteiger partial charge on any atom is 0.305 e. The van der Waals surface area contributed by atoms with Gasteiger partial charge in [0.05, 0.1) is 37.0 Å². The number of aliphatic imine (C=N–C) groups is 2. The van der Waals surface area contributed by atoms with Crippen LogP contribution in [-0.4, -0.2) is 62.6 Å². The molecule has 5 aliphatic rings. The number of fused-ring (bicyclic) bond motifs is 14. The Morgan fingerprint density at radius 3 is 1.48 bits per heavy atom. The minimum Gasteiger partial charge on any atom is -0.469 e. The van der Waals surface area contributed by atoms with Crippen LogP contribution in [0.5, 0.6) is 0 Å². The SMILES string of the molecule is COC(=O)CCC1=C(C)C2=NC1=Cc1[nH]c(c3c1-c1cccc4cccc-3c14)C=C1N=C(C=C3c4ccccc4C(=C2)C3(OC)OC)C(C)=C1CCC(=O)OC. The van der Waals surface area contributed by atoms with E-state index in [1.165, 1.54) is 19.6 Å². The quantitative estimate of drug-likeness (QED) is 0.125. The first-order chi connectivity index (χ1) is 27.2. The number of carbonyl (C=O) groups excluding carboxylic acids is 2. The van der Waals surface area contributed by atoms with Crippen LogP contribution in [0.1, 0.15) is 62.0 Å². The monoisotopic (exact) mass is 743 g/mol. The Morgan fingerprint density at radius 1 is 0.607 bits per heavy atom. The number of rotatable bonds is 8. The van der Waals surface area contributed by atoms with Gasteiger partial charge in [-0.1, -0.05) is 60.7 Å². The first-order valence-corrected chi connectivity index (χ1v) is 18.8. The molecule has 9 rings (SSSR count). The molecular weight excluding hydrogens is 703 g/mol. The van der Waals surface area contributed by atoms with Gasteiger partial charge in [-0.05, 0) is 106 Å². The molecule has 4 aromatic rings. The molecule has 0 saturated heterocycles. The van der Waals surface area contributed by atoms with Gasteiger partial charge in [-0.2, -0.15) is 0 Å². The normalized spacial score (nSPS) is 17.2. The summed E-state index contributed by atoms with van der Waals surface area (Å²) in [5.41, 5.74) is 16.6. The summed E-state index contributed by atoms with van der Waals surface area (Å²) >= 11 is 0. The van der Waals surface area contributed by atoms with E-state index in [2.05, 4.69) is 91.7 Å². The summed E-state index contributed by atoms with van der Waals surface area (Å²) in [5.74, 6) is -1.86. The van der Waals surface area contributed by atoms with E-state index >= 15 is 0 Å². The molecule has 280 valence electrons. The third kappa shape index (κ3) is 5.29. The highest BCUT2D eigenvalue weighted by Gasteiger charge is 2.48. The van der Waals surface area contributed by atoms with Crippen LogP contribution in [0.4, 0.5) is 0 Å². The Hall–Kier alpha value is -6.16. The molecule has 3 aromatic carbocycles. The summed E-state index contributed by atoms with van der Waals surface area (Å²) < 4.78 is 23.0. The highest BCUT2D eigenvalue weighted by atomic mass is 16.7. The van der Waals surface area contributed by atoms with Crippen LogP contribution < -0.4 is 0 Å². The number of aromatic amines is 1. The number of hydrogen-bond donors (Lipinski definition) is 1. The summed E-state index contributed by atoms with van der Waals surface area (Å²) in [5, 5.41) is 2.36. The maximum absolute atomic E-state index is 12.5. The topological polar surface area (TPSA) is 112 Å². The number of hydrogen-bond acceptors (Lipinski definition) is 8. The van der Waals surface area contributed by atoms with Crippen molar-refractivity contribution in [3.05, 3.63) is 129 Å². The van der Waals surface area contributed by atoms with E-state index in [0.29, 0.717) is 12.8 Å². The van der Waals surface area contributed by atoms with E-state index < -0.39 is 5.79 Å². The third-order valence-electron chi connectivity index (χ3n) is 11.8. The zero-order valence-corrected chi connectivity index (χ0v) is 32.3. The van der Waals surface area contributed by atoms with Crippen LogP contribution in [0, 0.1) is 0 Å². The minimum absolute atomic E-state index is 0.209. The Morgan fingerprint density at radius 2 is 1.05 bits per heavy atom. The zero-order chi connectivity index (χ0) is 38.9. The number of ether oxygens (including phenoxy) is 4. The Bertz CT molecular complexity index is 2520. The van der Waals surface area contributed by atoms with Crippen LogP contribution >= 0.6 is 0 Å². The number of esters is 2. The van der Waals surface area contributed by atoms with Crippen molar-refractivity contribution in [1.82, 2.24) is 4.98 Å². The minimum atomic E-state index is -1.29. The number of nitrogens with one attached hydrogen (secondary N) is 1. The number of carbonyl (C=O) groups is 2. The third-order valence-corrected chi connectivity index (χ3v) is 11.8. The number of aromatic nitrogens is 1. The lowest BCUT2D eigenvalue weighted by Gasteiger charge is -2.30. The number of H-pyrrole nitrogens is 1. The Kier molecular flexibility index (Phi) is 8.60. The molecule has 8 bridgehead atoms. The van der Waals surface area contributed by atoms with Crippen LogP contribution in [0.2, 0.25) is 0 Å². The molecule has 1 aromatic heterocycles. The molecule has 0 atom stereocenters. The lowest BCUT2D eigenvalue weighted by Crippen LogP contribution is -2.33. The average molecular weight is 744 g/mol. The van der Waals surface area contributed by atoms with Crippen LogP contribution in [0.15, 0.2) is 116 Å². The maximum atomic E-state index is 12.5. The predicted octanol–water partition coefficient (Wildman–Crippen LogP) is 9.43. The van der Waals surface area contributed by atoms with E-state index in [1.807, 2.05) is 12.1 Å². The molecule has 4 heterocycles. The van der Waals surface area contributed by atoms with Gasteiger partial charge < -0.3 is 23.9 Å². The first-order valence-electron chi connectivity index (χ1n) is 18.8. The second kappa shape index (κ2) is 13.5. The fraction of sp³-hybridized carbons (Fsp3) is 0.234. The summed E-state index contributed by atoms with van der Waals surface area (Å²) in [6.45, 7) is 4.11. The number of allylic oxidation sites excluding steroid dienone is 6. The van der Waals surface area contributed by atoms with Crippen LogP contribution in [-0.2, 0) is 28.5 Å². The highest BCUT2D eigenvalue weighted by Crippen LogP contribution is 2.54. The van der Waals surface area contributed by atoms with Crippen molar-refractivity contribution in [3.8, 4) is 22.3 Å². The van der Waals surface area contributed by atoms with Crippen molar-refractivity contribution in [2.45, 2.75) is 45.3 Å². The second-order valence-electron chi connectivity index (χ2n) is 14.5. The number of nitrogens with zero attached hydrogens (tertiary/aromatic N) is 2. The van der Waals surface area contributed by atoms with Crippen LogP contribution in [0.3, 0.4) is 0 Å². The Balaban J connectivity index is 1.37. The molecule has 0 radical (unpaired) electrons. The fourth-order valence-electron chi connectivity index (χ4n) is 9.01. The molecular formula is C47H41N3O6. The smallest absolute Gasteiger partial charge is 0.305 e. The standard InChI is InChI=1S/C47H41N3O6/c1-25-28(17-19-42(51)53-3)38-23-40-45-32-15-9-11-27-12-10-16-33(44(27)32)46(45)41(50-40)24-39-29(18-20-43(52)54-4)26(2)37(49-39)22-35-31-14-8-7-13-30(31)34(21-36(25)48-38)47(35,55-5)56-6/h7-16,21-24,50H,17-20H2,1-6H3. The van der Waals surface area contributed by atoms with Crippen LogP contribution in [0.25, 0.3) is 56.3 Å². The summed E-state index contributed by atoms with van der Waals surface area (Å²) in [6.07, 6.45) is 9.64. The average Bonchev–Trinajstić information content (AvgIpc) is 3.97.